The quantitative estimate of drug-likeness (QED) is 0.633. The molecule has 1 atom stereocenters. The Hall–Kier alpha value is -1.06. The van der Waals surface area contributed by atoms with Gasteiger partial charge < -0.3 is 15.0 Å². The fraction of sp³-hybridized carbons (Fsp3) is 0.667. The molecule has 0 amide bonds. The third-order valence-corrected chi connectivity index (χ3v) is 4.00. The van der Waals surface area contributed by atoms with Crippen molar-refractivity contribution in [3.63, 3.8) is 0 Å². The zero-order valence-corrected chi connectivity index (χ0v) is 14.2. The summed E-state index contributed by atoms with van der Waals surface area (Å²) in [5, 5.41) is 3.46. The number of nitrogens with one attached hydrogen (secondary N) is 1. The first-order chi connectivity index (χ1) is 10.2. The number of para-hydroxylation sites is 1. The van der Waals surface area contributed by atoms with E-state index in [1.54, 1.807) is 7.11 Å². The van der Waals surface area contributed by atoms with Crippen LogP contribution in [-0.2, 0) is 6.42 Å². The van der Waals surface area contributed by atoms with Gasteiger partial charge in [-0.05, 0) is 70.9 Å². The third-order valence-electron chi connectivity index (χ3n) is 4.00. The molecule has 0 heterocycles. The maximum atomic E-state index is 5.44. The van der Waals surface area contributed by atoms with Crippen LogP contribution in [0.4, 0.5) is 0 Å². The standard InChI is InChI=1S/C18H32N2O/c1-5-12-19-13-8-9-14-20(3)16(2)15-17-10-6-7-11-18(17)21-4/h6-7,10-11,16,19H,5,8-9,12-15H2,1-4H3. The molecule has 21 heavy (non-hydrogen) atoms. The van der Waals surface area contributed by atoms with E-state index >= 15 is 0 Å². The fourth-order valence-corrected chi connectivity index (χ4v) is 2.48. The van der Waals surface area contributed by atoms with E-state index in [1.165, 1.54) is 24.8 Å². The van der Waals surface area contributed by atoms with Crippen LogP contribution in [0.3, 0.4) is 0 Å². The minimum Gasteiger partial charge on any atom is -0.496 e. The lowest BCUT2D eigenvalue weighted by molar-refractivity contribution is 0.249. The Balaban J connectivity index is 2.29. The minimum absolute atomic E-state index is 0.532. The molecule has 3 nitrogen and oxygen atoms in total. The highest BCUT2D eigenvalue weighted by Gasteiger charge is 2.12. The van der Waals surface area contributed by atoms with Gasteiger partial charge in [-0.3, -0.25) is 0 Å². The highest BCUT2D eigenvalue weighted by atomic mass is 16.5. The Morgan fingerprint density at radius 3 is 2.67 bits per heavy atom. The number of likely N-dealkylation sites (N-methyl/N-ethyl adjacent to an activating group) is 1. The SMILES string of the molecule is CCCNCCCCN(C)C(C)Cc1ccccc1OC. The van der Waals surface area contributed by atoms with Crippen LogP contribution in [0, 0.1) is 0 Å². The number of benzene rings is 1. The second-order valence-electron chi connectivity index (χ2n) is 5.80. The van der Waals surface area contributed by atoms with Gasteiger partial charge in [-0.25, -0.2) is 0 Å². The van der Waals surface area contributed by atoms with Crippen molar-refractivity contribution in [2.24, 2.45) is 0 Å². The van der Waals surface area contributed by atoms with Crippen LogP contribution in [0.15, 0.2) is 24.3 Å². The molecular formula is C18H32N2O. The van der Waals surface area contributed by atoms with Crippen molar-refractivity contribution in [2.75, 3.05) is 33.8 Å². The molecular weight excluding hydrogens is 260 g/mol. The van der Waals surface area contributed by atoms with Crippen LogP contribution in [0.5, 0.6) is 5.75 Å². The Morgan fingerprint density at radius 1 is 1.19 bits per heavy atom. The Bertz CT molecular complexity index is 381. The van der Waals surface area contributed by atoms with Crippen molar-refractivity contribution in [1.82, 2.24) is 10.2 Å². The minimum atomic E-state index is 0.532. The van der Waals surface area contributed by atoms with Gasteiger partial charge in [0.25, 0.3) is 0 Å². The van der Waals surface area contributed by atoms with Crippen LogP contribution in [0.2, 0.25) is 0 Å². The fourth-order valence-electron chi connectivity index (χ4n) is 2.48. The van der Waals surface area contributed by atoms with Crippen molar-refractivity contribution >= 4 is 0 Å². The molecule has 1 N–H and O–H groups in total. The number of unbranched alkanes of at least 4 members (excludes halogenated alkanes) is 1. The summed E-state index contributed by atoms with van der Waals surface area (Å²) in [4.78, 5) is 2.45. The molecule has 0 aliphatic carbocycles. The summed E-state index contributed by atoms with van der Waals surface area (Å²) in [6, 6.07) is 8.86. The first kappa shape index (κ1) is 18.0. The number of hydrogen-bond acceptors (Lipinski definition) is 3. The molecule has 120 valence electrons. The number of nitrogens with zero attached hydrogens (tertiary/aromatic N) is 1. The number of methoxy groups -OCH3 is 1. The van der Waals surface area contributed by atoms with Crippen LogP contribution >= 0.6 is 0 Å². The molecule has 0 saturated carbocycles. The van der Waals surface area contributed by atoms with Gasteiger partial charge in [-0.15, -0.1) is 0 Å². The molecule has 3 heteroatoms. The number of ether oxygens (including phenoxy) is 1. The molecule has 0 aliphatic rings. The highest BCUT2D eigenvalue weighted by Crippen LogP contribution is 2.20. The average Bonchev–Trinajstić information content (AvgIpc) is 2.51. The van der Waals surface area contributed by atoms with Crippen molar-refractivity contribution in [3.05, 3.63) is 29.8 Å². The van der Waals surface area contributed by atoms with Gasteiger partial charge in [-0.1, -0.05) is 25.1 Å². The maximum absolute atomic E-state index is 5.44. The molecule has 0 fully saturated rings. The molecule has 1 rings (SSSR count). The smallest absolute Gasteiger partial charge is 0.122 e. The Labute approximate surface area is 130 Å². The maximum Gasteiger partial charge on any atom is 0.122 e. The average molecular weight is 292 g/mol. The monoisotopic (exact) mass is 292 g/mol. The molecule has 1 unspecified atom stereocenters. The van der Waals surface area contributed by atoms with Crippen molar-refractivity contribution in [1.29, 1.82) is 0 Å². The van der Waals surface area contributed by atoms with Gasteiger partial charge in [0.05, 0.1) is 7.11 Å². The second-order valence-corrected chi connectivity index (χ2v) is 5.80. The van der Waals surface area contributed by atoms with E-state index in [0.717, 1.165) is 31.8 Å². The molecule has 0 saturated heterocycles. The van der Waals surface area contributed by atoms with Gasteiger partial charge in [0.1, 0.15) is 5.75 Å². The molecule has 0 spiro atoms. The Morgan fingerprint density at radius 2 is 1.95 bits per heavy atom. The second kappa shape index (κ2) is 10.6. The van der Waals surface area contributed by atoms with E-state index in [-0.39, 0.29) is 0 Å². The summed E-state index contributed by atoms with van der Waals surface area (Å²) in [6.45, 7) is 7.94. The van der Waals surface area contributed by atoms with Crippen LogP contribution < -0.4 is 10.1 Å². The summed E-state index contributed by atoms with van der Waals surface area (Å²) in [7, 11) is 3.97. The number of rotatable bonds is 11. The van der Waals surface area contributed by atoms with Crippen molar-refractivity contribution in [2.45, 2.75) is 45.6 Å². The van der Waals surface area contributed by atoms with E-state index in [4.69, 9.17) is 4.74 Å². The first-order valence-electron chi connectivity index (χ1n) is 8.21. The molecule has 1 aromatic rings. The number of hydrogen-bond donors (Lipinski definition) is 1. The van der Waals surface area contributed by atoms with Crippen LogP contribution in [0.25, 0.3) is 0 Å². The summed E-state index contributed by atoms with van der Waals surface area (Å²) in [6.07, 6.45) is 4.76. The predicted octanol–water partition coefficient (Wildman–Crippen LogP) is 3.34. The van der Waals surface area contributed by atoms with Crippen LogP contribution in [0.1, 0.15) is 38.7 Å². The lowest BCUT2D eigenvalue weighted by Gasteiger charge is -2.25. The highest BCUT2D eigenvalue weighted by molar-refractivity contribution is 5.33. The lowest BCUT2D eigenvalue weighted by Crippen LogP contribution is -2.32. The lowest BCUT2D eigenvalue weighted by atomic mass is 10.0. The third kappa shape index (κ3) is 6.96. The van der Waals surface area contributed by atoms with E-state index in [1.807, 2.05) is 12.1 Å². The van der Waals surface area contributed by atoms with Crippen molar-refractivity contribution in [3.8, 4) is 5.75 Å². The molecule has 0 radical (unpaired) electrons. The van der Waals surface area contributed by atoms with Crippen LogP contribution in [-0.4, -0.2) is 44.7 Å². The van der Waals surface area contributed by atoms with E-state index < -0.39 is 0 Å². The normalized spacial score (nSPS) is 12.6. The first-order valence-corrected chi connectivity index (χ1v) is 8.21. The predicted molar refractivity (Wildman–Crippen MR) is 91.2 cm³/mol. The van der Waals surface area contributed by atoms with Gasteiger partial charge in [-0.2, -0.15) is 0 Å². The van der Waals surface area contributed by atoms with Gasteiger partial charge in [0, 0.05) is 6.04 Å². The Kier molecular flexibility index (Phi) is 9.11. The summed E-state index contributed by atoms with van der Waals surface area (Å²) in [5.74, 6) is 1.00. The summed E-state index contributed by atoms with van der Waals surface area (Å²) < 4.78 is 5.44. The molecule has 0 aromatic heterocycles. The van der Waals surface area contributed by atoms with E-state index in [0.29, 0.717) is 6.04 Å². The van der Waals surface area contributed by atoms with Gasteiger partial charge in [0.2, 0.25) is 0 Å². The largest absolute Gasteiger partial charge is 0.496 e. The molecule has 0 aliphatic heterocycles. The molecule has 1 aromatic carbocycles. The summed E-state index contributed by atoms with van der Waals surface area (Å²) in [5.41, 5.74) is 1.30. The van der Waals surface area contributed by atoms with E-state index in [2.05, 4.69) is 43.2 Å². The van der Waals surface area contributed by atoms with Gasteiger partial charge >= 0.3 is 0 Å². The van der Waals surface area contributed by atoms with Gasteiger partial charge in [0.15, 0.2) is 0 Å². The van der Waals surface area contributed by atoms with Crippen molar-refractivity contribution < 1.29 is 4.74 Å². The zero-order chi connectivity index (χ0) is 15.5. The zero-order valence-electron chi connectivity index (χ0n) is 14.2. The topological polar surface area (TPSA) is 24.5 Å². The summed E-state index contributed by atoms with van der Waals surface area (Å²) >= 11 is 0. The molecule has 0 bridgehead atoms. The van der Waals surface area contributed by atoms with E-state index in [9.17, 15) is 0 Å².